The van der Waals surface area contributed by atoms with Crippen LogP contribution in [-0.4, -0.2) is 71.7 Å². The summed E-state index contributed by atoms with van der Waals surface area (Å²) in [6.07, 6.45) is 1.74. The first kappa shape index (κ1) is 18.3. The summed E-state index contributed by atoms with van der Waals surface area (Å²) in [6.45, 7) is 6.28. The molecule has 2 aliphatic heterocycles. The van der Waals surface area contributed by atoms with Crippen LogP contribution in [-0.2, 0) is 11.3 Å². The highest BCUT2D eigenvalue weighted by molar-refractivity contribution is 7.09. The lowest BCUT2D eigenvalue weighted by Crippen LogP contribution is -2.46. The van der Waals surface area contributed by atoms with Gasteiger partial charge in [-0.3, -0.25) is 9.69 Å². The summed E-state index contributed by atoms with van der Waals surface area (Å²) in [5.74, 6) is 0.957. The van der Waals surface area contributed by atoms with E-state index in [0.717, 1.165) is 30.2 Å². The molecule has 27 heavy (non-hydrogen) atoms. The quantitative estimate of drug-likeness (QED) is 0.796. The third kappa shape index (κ3) is 3.97. The van der Waals surface area contributed by atoms with Gasteiger partial charge in [0.25, 0.3) is 5.91 Å². The number of fused-ring (bicyclic) bond motifs is 3. The minimum atomic E-state index is 0.0145. The molecule has 4 rings (SSSR count). The Labute approximate surface area is 162 Å². The zero-order valence-corrected chi connectivity index (χ0v) is 16.4. The number of aromatic nitrogens is 2. The molecule has 0 spiro atoms. The minimum Gasteiger partial charge on any atom is -0.481 e. The molecule has 2 saturated heterocycles. The number of carbonyl (C=O) groups excluding carboxylic acids is 1. The predicted octanol–water partition coefficient (Wildman–Crippen LogP) is 1.83. The largest absolute Gasteiger partial charge is 0.481 e. The summed E-state index contributed by atoms with van der Waals surface area (Å²) in [5.41, 5.74) is 1.61. The maximum atomic E-state index is 13.0. The molecule has 1 amide bonds. The van der Waals surface area contributed by atoms with Crippen LogP contribution >= 0.6 is 11.3 Å². The maximum Gasteiger partial charge on any atom is 0.273 e. The smallest absolute Gasteiger partial charge is 0.273 e. The standard InChI is InChI=1S/C19H24N4O3S/c1-13-21-17(12-27-13)19(24)23-7-14-6-22(9-16(23)11-26-10-14)8-15-4-3-5-20-18(15)25-2/h3-5,12,14,16H,6-11H2,1-2H3/t14-,16-/m0/s1. The Morgan fingerprint density at radius 2 is 2.26 bits per heavy atom. The van der Waals surface area contributed by atoms with Crippen molar-refractivity contribution < 1.29 is 14.3 Å². The van der Waals surface area contributed by atoms with Gasteiger partial charge in [-0.15, -0.1) is 11.3 Å². The topological polar surface area (TPSA) is 67.8 Å². The van der Waals surface area contributed by atoms with Gasteiger partial charge < -0.3 is 14.4 Å². The monoisotopic (exact) mass is 388 g/mol. The van der Waals surface area contributed by atoms with Crippen LogP contribution in [0.3, 0.4) is 0 Å². The van der Waals surface area contributed by atoms with Crippen molar-refractivity contribution in [2.75, 3.05) is 40.0 Å². The molecule has 144 valence electrons. The second-order valence-corrected chi connectivity index (χ2v) is 8.19. The van der Waals surface area contributed by atoms with Crippen molar-refractivity contribution >= 4 is 17.2 Å². The van der Waals surface area contributed by atoms with Crippen molar-refractivity contribution in [1.29, 1.82) is 0 Å². The number of pyridine rings is 1. The van der Waals surface area contributed by atoms with Crippen molar-refractivity contribution in [3.8, 4) is 5.88 Å². The molecule has 2 aliphatic rings. The van der Waals surface area contributed by atoms with Crippen LogP contribution in [0.25, 0.3) is 0 Å². The number of hydrogen-bond acceptors (Lipinski definition) is 7. The van der Waals surface area contributed by atoms with Gasteiger partial charge in [0.05, 0.1) is 31.4 Å². The summed E-state index contributed by atoms with van der Waals surface area (Å²) in [5, 5.41) is 2.77. The van der Waals surface area contributed by atoms with Gasteiger partial charge in [0.15, 0.2) is 0 Å². The highest BCUT2D eigenvalue weighted by atomic mass is 32.1. The van der Waals surface area contributed by atoms with E-state index in [1.54, 1.807) is 13.3 Å². The minimum absolute atomic E-state index is 0.0145. The number of amides is 1. The number of thiazole rings is 1. The molecule has 2 aromatic heterocycles. The maximum absolute atomic E-state index is 13.0. The molecule has 4 heterocycles. The molecule has 8 heteroatoms. The lowest BCUT2D eigenvalue weighted by atomic mass is 10.1. The summed E-state index contributed by atoms with van der Waals surface area (Å²) in [7, 11) is 1.65. The van der Waals surface area contributed by atoms with Crippen LogP contribution in [0.15, 0.2) is 23.7 Å². The number of nitrogens with zero attached hydrogens (tertiary/aromatic N) is 4. The fourth-order valence-corrected chi connectivity index (χ4v) is 4.48. The van der Waals surface area contributed by atoms with Crippen LogP contribution in [0.2, 0.25) is 0 Å². The van der Waals surface area contributed by atoms with Crippen LogP contribution in [0.4, 0.5) is 0 Å². The van der Waals surface area contributed by atoms with Crippen molar-refractivity contribution in [1.82, 2.24) is 19.8 Å². The highest BCUT2D eigenvalue weighted by Gasteiger charge is 2.36. The zero-order valence-electron chi connectivity index (χ0n) is 15.6. The van der Waals surface area contributed by atoms with Crippen LogP contribution in [0.1, 0.15) is 21.1 Å². The lowest BCUT2D eigenvalue weighted by molar-refractivity contribution is 0.0420. The highest BCUT2D eigenvalue weighted by Crippen LogP contribution is 2.25. The second kappa shape index (κ2) is 7.92. The van der Waals surface area contributed by atoms with Gasteiger partial charge in [0.1, 0.15) is 5.69 Å². The Hall–Kier alpha value is -2.03. The summed E-state index contributed by atoms with van der Waals surface area (Å²) in [4.78, 5) is 26.1. The number of ether oxygens (including phenoxy) is 2. The van der Waals surface area contributed by atoms with Crippen molar-refractivity contribution in [2.45, 2.75) is 19.5 Å². The Bertz CT molecular complexity index is 812. The molecule has 0 radical (unpaired) electrons. The molecular formula is C19H24N4O3S. The van der Waals surface area contributed by atoms with Gasteiger partial charge in [-0.1, -0.05) is 6.07 Å². The van der Waals surface area contributed by atoms with Crippen molar-refractivity contribution in [3.05, 3.63) is 40.0 Å². The van der Waals surface area contributed by atoms with E-state index in [1.165, 1.54) is 11.3 Å². The molecule has 0 aromatic carbocycles. The van der Waals surface area contributed by atoms with E-state index >= 15 is 0 Å². The average Bonchev–Trinajstić information content (AvgIpc) is 2.90. The van der Waals surface area contributed by atoms with E-state index in [1.807, 2.05) is 29.3 Å². The van der Waals surface area contributed by atoms with Crippen LogP contribution < -0.4 is 4.74 Å². The molecule has 0 unspecified atom stereocenters. The normalized spacial score (nSPS) is 23.1. The SMILES string of the molecule is COc1ncccc1CN1C[C@@H]2COC[C@H](C1)N(C(=O)c1csc(C)n1)C2. The molecule has 2 atom stereocenters. The van der Waals surface area contributed by atoms with Gasteiger partial charge in [-0.25, -0.2) is 9.97 Å². The Balaban J connectivity index is 1.54. The molecule has 0 aliphatic carbocycles. The second-order valence-electron chi connectivity index (χ2n) is 7.13. The van der Waals surface area contributed by atoms with Crippen molar-refractivity contribution in [2.24, 2.45) is 5.92 Å². The molecule has 2 aromatic rings. The molecule has 2 bridgehead atoms. The third-order valence-electron chi connectivity index (χ3n) is 5.08. The molecular weight excluding hydrogens is 364 g/mol. The first-order chi connectivity index (χ1) is 13.1. The third-order valence-corrected chi connectivity index (χ3v) is 5.85. The van der Waals surface area contributed by atoms with Gasteiger partial charge in [-0.05, 0) is 13.0 Å². The van der Waals surface area contributed by atoms with Gasteiger partial charge in [0, 0.05) is 49.2 Å². The van der Waals surface area contributed by atoms with E-state index in [2.05, 4.69) is 14.9 Å². The number of aryl methyl sites for hydroxylation is 1. The fraction of sp³-hybridized carbons (Fsp3) is 0.526. The van der Waals surface area contributed by atoms with E-state index in [9.17, 15) is 4.79 Å². The fourth-order valence-electron chi connectivity index (χ4n) is 3.90. The zero-order chi connectivity index (χ0) is 18.8. The predicted molar refractivity (Wildman–Crippen MR) is 102 cm³/mol. The van der Waals surface area contributed by atoms with Gasteiger partial charge in [-0.2, -0.15) is 0 Å². The Morgan fingerprint density at radius 3 is 3.04 bits per heavy atom. The average molecular weight is 388 g/mol. The lowest BCUT2D eigenvalue weighted by Gasteiger charge is -2.31. The number of methoxy groups -OCH3 is 1. The molecule has 0 saturated carbocycles. The van der Waals surface area contributed by atoms with Crippen LogP contribution in [0, 0.1) is 12.8 Å². The number of hydrogen-bond donors (Lipinski definition) is 0. The first-order valence-electron chi connectivity index (χ1n) is 9.15. The Kier molecular flexibility index (Phi) is 5.38. The summed E-state index contributed by atoms with van der Waals surface area (Å²) >= 11 is 1.51. The van der Waals surface area contributed by atoms with Crippen LogP contribution in [0.5, 0.6) is 5.88 Å². The summed E-state index contributed by atoms with van der Waals surface area (Å²) in [6, 6.07) is 4.00. The molecule has 0 N–H and O–H groups in total. The number of rotatable bonds is 4. The Morgan fingerprint density at radius 1 is 1.37 bits per heavy atom. The van der Waals surface area contributed by atoms with Gasteiger partial charge >= 0.3 is 0 Å². The van der Waals surface area contributed by atoms with E-state index in [4.69, 9.17) is 9.47 Å². The first-order valence-corrected chi connectivity index (χ1v) is 10.0. The van der Waals surface area contributed by atoms with Gasteiger partial charge in [0.2, 0.25) is 5.88 Å². The molecule has 2 fully saturated rings. The number of carbonyl (C=O) groups is 1. The van der Waals surface area contributed by atoms with E-state index in [-0.39, 0.29) is 17.9 Å². The summed E-state index contributed by atoms with van der Waals surface area (Å²) < 4.78 is 11.2. The van der Waals surface area contributed by atoms with E-state index < -0.39 is 0 Å². The molecule has 7 nitrogen and oxygen atoms in total. The van der Waals surface area contributed by atoms with E-state index in [0.29, 0.717) is 31.3 Å². The van der Waals surface area contributed by atoms with Crippen molar-refractivity contribution in [3.63, 3.8) is 0 Å².